The molecule has 0 heterocycles. The van der Waals surface area contributed by atoms with Crippen molar-refractivity contribution in [2.45, 2.75) is 20.5 Å². The number of anilines is 1. The summed E-state index contributed by atoms with van der Waals surface area (Å²) in [5.41, 5.74) is 4.01. The van der Waals surface area contributed by atoms with Crippen molar-refractivity contribution in [3.8, 4) is 11.5 Å². The van der Waals surface area contributed by atoms with Crippen LogP contribution in [0.25, 0.3) is 0 Å². The highest BCUT2D eigenvalue weighted by Gasteiger charge is 2.12. The largest absolute Gasteiger partial charge is 0.495 e. The zero-order valence-corrected chi connectivity index (χ0v) is 14.6. The van der Waals surface area contributed by atoms with E-state index in [0.717, 1.165) is 22.6 Å². The Balaban J connectivity index is 2.23. The summed E-state index contributed by atoms with van der Waals surface area (Å²) in [6.45, 7) is 4.50. The predicted octanol–water partition coefficient (Wildman–Crippen LogP) is 4.23. The summed E-state index contributed by atoms with van der Waals surface area (Å²) in [6.07, 6.45) is 0. The van der Waals surface area contributed by atoms with Gasteiger partial charge in [-0.25, -0.2) is 0 Å². The number of methoxy groups -OCH3 is 2. The van der Waals surface area contributed by atoms with E-state index in [1.54, 1.807) is 7.11 Å². The van der Waals surface area contributed by atoms with Crippen molar-refractivity contribution in [1.29, 1.82) is 0 Å². The number of hydrogen-bond donors (Lipinski definition) is 1. The van der Waals surface area contributed by atoms with Crippen LogP contribution in [0.3, 0.4) is 0 Å². The van der Waals surface area contributed by atoms with Gasteiger partial charge in [-0.1, -0.05) is 29.8 Å². The molecule has 4 nitrogen and oxygen atoms in total. The van der Waals surface area contributed by atoms with Gasteiger partial charge in [0.25, 0.3) is 5.17 Å². The Morgan fingerprint density at radius 2 is 1.87 bits per heavy atom. The fraction of sp³-hybridized carbons (Fsp3) is 0.278. The van der Waals surface area contributed by atoms with Gasteiger partial charge in [-0.15, -0.1) is 0 Å². The highest BCUT2D eigenvalue weighted by molar-refractivity contribution is 7.80. The molecule has 5 heteroatoms. The fourth-order valence-electron chi connectivity index (χ4n) is 2.28. The summed E-state index contributed by atoms with van der Waals surface area (Å²) in [7, 11) is 3.14. The third-order valence-electron chi connectivity index (χ3n) is 3.46. The third-order valence-corrected chi connectivity index (χ3v) is 3.73. The minimum Gasteiger partial charge on any atom is -0.495 e. The molecule has 0 aliphatic carbocycles. The lowest BCUT2D eigenvalue weighted by Gasteiger charge is -2.17. The van der Waals surface area contributed by atoms with Crippen molar-refractivity contribution in [2.75, 3.05) is 19.5 Å². The topological polar surface area (TPSA) is 39.7 Å². The van der Waals surface area contributed by atoms with E-state index in [1.165, 1.54) is 12.7 Å². The maximum absolute atomic E-state index is 5.95. The van der Waals surface area contributed by atoms with Crippen LogP contribution < -0.4 is 14.8 Å². The van der Waals surface area contributed by atoms with E-state index in [1.807, 2.05) is 37.3 Å². The molecular weight excluding hydrogens is 310 g/mol. The molecule has 0 saturated carbocycles. The first-order valence-corrected chi connectivity index (χ1v) is 7.67. The quantitative estimate of drug-likeness (QED) is 0.830. The van der Waals surface area contributed by atoms with Crippen LogP contribution in [0, 0.1) is 13.8 Å². The molecule has 0 aromatic heterocycles. The molecule has 0 aliphatic rings. The second kappa shape index (κ2) is 7.83. The third kappa shape index (κ3) is 4.36. The van der Waals surface area contributed by atoms with Gasteiger partial charge in [0, 0.05) is 5.56 Å². The number of ether oxygens (including phenoxy) is 3. The minimum atomic E-state index is 0.280. The minimum absolute atomic E-state index is 0.280. The van der Waals surface area contributed by atoms with Gasteiger partial charge in [0.05, 0.1) is 19.9 Å². The van der Waals surface area contributed by atoms with Crippen molar-refractivity contribution in [2.24, 2.45) is 0 Å². The first-order valence-electron chi connectivity index (χ1n) is 7.26. The van der Waals surface area contributed by atoms with E-state index in [-0.39, 0.29) is 5.17 Å². The average Bonchev–Trinajstić information content (AvgIpc) is 2.54. The van der Waals surface area contributed by atoms with E-state index in [2.05, 4.69) is 18.3 Å². The molecule has 0 fully saturated rings. The second-order valence-electron chi connectivity index (χ2n) is 5.17. The molecule has 0 saturated heterocycles. The highest BCUT2D eigenvalue weighted by atomic mass is 32.1. The number of thiocarbonyl (C=S) groups is 1. The normalized spacial score (nSPS) is 10.1. The summed E-state index contributed by atoms with van der Waals surface area (Å²) in [5.74, 6) is 1.55. The molecule has 0 aliphatic heterocycles. The van der Waals surface area contributed by atoms with Crippen LogP contribution in [0.4, 0.5) is 5.69 Å². The fourth-order valence-corrected chi connectivity index (χ4v) is 2.38. The van der Waals surface area contributed by atoms with Crippen molar-refractivity contribution in [3.05, 3.63) is 53.1 Å². The summed E-state index contributed by atoms with van der Waals surface area (Å²) in [4.78, 5) is 0. The Bertz CT molecular complexity index is 701. The van der Waals surface area contributed by atoms with Crippen LogP contribution in [0.1, 0.15) is 16.7 Å². The Hall–Kier alpha value is -2.27. The van der Waals surface area contributed by atoms with Crippen molar-refractivity contribution < 1.29 is 14.2 Å². The molecule has 2 aromatic carbocycles. The van der Waals surface area contributed by atoms with Crippen molar-refractivity contribution in [3.63, 3.8) is 0 Å². The molecule has 0 bridgehead atoms. The molecule has 122 valence electrons. The molecule has 0 unspecified atom stereocenters. The number of rotatable bonds is 5. The number of aryl methyl sites for hydroxylation is 2. The summed E-state index contributed by atoms with van der Waals surface area (Å²) < 4.78 is 16.4. The first kappa shape index (κ1) is 17.1. The second-order valence-corrected chi connectivity index (χ2v) is 5.54. The number of benzene rings is 2. The Kier molecular flexibility index (Phi) is 5.82. The zero-order chi connectivity index (χ0) is 16.8. The molecule has 0 spiro atoms. The van der Waals surface area contributed by atoms with Crippen LogP contribution in [0.2, 0.25) is 0 Å². The Labute approximate surface area is 142 Å². The van der Waals surface area contributed by atoms with Crippen LogP contribution in [-0.4, -0.2) is 19.4 Å². The Morgan fingerprint density at radius 1 is 1.09 bits per heavy atom. The van der Waals surface area contributed by atoms with E-state index in [0.29, 0.717) is 12.4 Å². The van der Waals surface area contributed by atoms with Crippen LogP contribution in [0.15, 0.2) is 36.4 Å². The van der Waals surface area contributed by atoms with Gasteiger partial charge in [-0.3, -0.25) is 0 Å². The van der Waals surface area contributed by atoms with Gasteiger partial charge in [-0.2, -0.15) is 0 Å². The maximum Gasteiger partial charge on any atom is 0.261 e. The smallest absolute Gasteiger partial charge is 0.261 e. The monoisotopic (exact) mass is 331 g/mol. The van der Waals surface area contributed by atoms with E-state index >= 15 is 0 Å². The molecule has 0 radical (unpaired) electrons. The van der Waals surface area contributed by atoms with Crippen LogP contribution >= 0.6 is 12.2 Å². The molecule has 1 N–H and O–H groups in total. The van der Waals surface area contributed by atoms with Crippen molar-refractivity contribution in [1.82, 2.24) is 0 Å². The number of nitrogens with one attached hydrogen (secondary N) is 1. The Morgan fingerprint density at radius 3 is 2.52 bits per heavy atom. The molecule has 2 aromatic rings. The predicted molar refractivity (Wildman–Crippen MR) is 96.5 cm³/mol. The molecular formula is C18H21NO3S. The zero-order valence-electron chi connectivity index (χ0n) is 13.8. The summed E-state index contributed by atoms with van der Waals surface area (Å²) in [6, 6.07) is 11.9. The number of hydrogen-bond acceptors (Lipinski definition) is 4. The standard InChI is InChI=1S/C18H21NO3S/c1-12-8-9-15(13(2)10-12)22-11-14-6-5-7-16(20-3)17(14)19-18(23)21-4/h5-10H,11H2,1-4H3,(H,19,23). The summed E-state index contributed by atoms with van der Waals surface area (Å²) in [5, 5.41) is 3.32. The van der Waals surface area contributed by atoms with Gasteiger partial charge in [0.1, 0.15) is 18.1 Å². The lowest BCUT2D eigenvalue weighted by atomic mass is 10.1. The van der Waals surface area contributed by atoms with Crippen LogP contribution in [-0.2, 0) is 11.3 Å². The van der Waals surface area contributed by atoms with E-state index < -0.39 is 0 Å². The van der Waals surface area contributed by atoms with E-state index in [4.69, 9.17) is 26.4 Å². The average molecular weight is 331 g/mol. The molecule has 2 rings (SSSR count). The van der Waals surface area contributed by atoms with Crippen LogP contribution in [0.5, 0.6) is 11.5 Å². The molecule has 23 heavy (non-hydrogen) atoms. The summed E-state index contributed by atoms with van der Waals surface area (Å²) >= 11 is 5.09. The molecule has 0 amide bonds. The molecule has 0 atom stereocenters. The van der Waals surface area contributed by atoms with Gasteiger partial charge in [0.15, 0.2) is 0 Å². The van der Waals surface area contributed by atoms with Crippen molar-refractivity contribution >= 4 is 23.1 Å². The van der Waals surface area contributed by atoms with Gasteiger partial charge in [-0.05, 0) is 43.8 Å². The van der Waals surface area contributed by atoms with Gasteiger partial charge >= 0.3 is 0 Å². The van der Waals surface area contributed by atoms with E-state index in [9.17, 15) is 0 Å². The van der Waals surface area contributed by atoms with Gasteiger partial charge < -0.3 is 19.5 Å². The lowest BCUT2D eigenvalue weighted by Crippen LogP contribution is -2.14. The lowest BCUT2D eigenvalue weighted by molar-refractivity contribution is 0.304. The number of para-hydroxylation sites is 1. The first-order chi connectivity index (χ1) is 11.0. The highest BCUT2D eigenvalue weighted by Crippen LogP contribution is 2.30. The SMILES string of the molecule is COC(=S)Nc1c(COc2ccc(C)cc2C)cccc1OC. The van der Waals surface area contributed by atoms with Gasteiger partial charge in [0.2, 0.25) is 0 Å². The maximum atomic E-state index is 5.95.